The number of carbonyl (C=O) groups is 1. The lowest BCUT2D eigenvalue weighted by Gasteiger charge is -2.16. The van der Waals surface area contributed by atoms with Crippen LogP contribution in [-0.2, 0) is 13.0 Å². The largest absolute Gasteiger partial charge is 0.396 e. The average Bonchev–Trinajstić information content (AvgIpc) is 3.20. The number of aliphatic hydroxyl groups excluding tert-OH is 1. The normalized spacial score (nSPS) is 16.8. The lowest BCUT2D eigenvalue weighted by molar-refractivity contribution is 0.0951. The van der Waals surface area contributed by atoms with Crippen LogP contribution in [0.5, 0.6) is 0 Å². The van der Waals surface area contributed by atoms with E-state index in [0.29, 0.717) is 24.4 Å². The second-order valence-electron chi connectivity index (χ2n) is 8.12. The zero-order valence-corrected chi connectivity index (χ0v) is 17.3. The summed E-state index contributed by atoms with van der Waals surface area (Å²) in [5.74, 6) is 0.527. The van der Waals surface area contributed by atoms with Crippen LogP contribution in [0.2, 0.25) is 0 Å². The van der Waals surface area contributed by atoms with Crippen LogP contribution in [0, 0.1) is 5.92 Å². The molecule has 1 atom stereocenters. The van der Waals surface area contributed by atoms with Crippen molar-refractivity contribution in [1.82, 2.24) is 15.2 Å². The monoisotopic (exact) mass is 403 g/mol. The number of hydrogen-bond donors (Lipinski definition) is 2. The molecule has 0 aliphatic carbocycles. The fourth-order valence-corrected chi connectivity index (χ4v) is 4.20. The van der Waals surface area contributed by atoms with E-state index in [2.05, 4.69) is 40.5 Å². The van der Waals surface area contributed by atoms with Gasteiger partial charge in [-0.1, -0.05) is 36.4 Å². The number of aliphatic hydroxyl groups is 1. The number of hydrogen-bond acceptors (Lipinski definition) is 4. The number of para-hydroxylation sites is 1. The summed E-state index contributed by atoms with van der Waals surface area (Å²) in [6, 6.07) is 20.5. The van der Waals surface area contributed by atoms with Gasteiger partial charge in [-0.3, -0.25) is 14.7 Å². The number of benzene rings is 2. The molecule has 1 aliphatic rings. The van der Waals surface area contributed by atoms with Crippen molar-refractivity contribution < 1.29 is 9.90 Å². The lowest BCUT2D eigenvalue weighted by Crippen LogP contribution is -2.25. The zero-order valence-electron chi connectivity index (χ0n) is 17.3. The van der Waals surface area contributed by atoms with E-state index in [1.165, 1.54) is 17.4 Å². The minimum atomic E-state index is -0.0688. The summed E-state index contributed by atoms with van der Waals surface area (Å²) in [5.41, 5.74) is 4.08. The Bertz CT molecular complexity index is 1000. The maximum absolute atomic E-state index is 12.2. The molecule has 2 aromatic carbocycles. The maximum atomic E-state index is 12.2. The van der Waals surface area contributed by atoms with Crippen LogP contribution < -0.4 is 5.32 Å². The molecule has 4 rings (SSSR count). The maximum Gasteiger partial charge on any atom is 0.251 e. The molecule has 1 aliphatic heterocycles. The van der Waals surface area contributed by atoms with Crippen LogP contribution in [-0.4, -0.2) is 47.1 Å². The van der Waals surface area contributed by atoms with Gasteiger partial charge < -0.3 is 10.4 Å². The molecule has 30 heavy (non-hydrogen) atoms. The van der Waals surface area contributed by atoms with Gasteiger partial charge in [0, 0.05) is 37.2 Å². The van der Waals surface area contributed by atoms with Crippen molar-refractivity contribution in [3.63, 3.8) is 0 Å². The molecule has 0 bridgehead atoms. The molecule has 5 nitrogen and oxygen atoms in total. The molecule has 3 aromatic rings. The molecule has 0 radical (unpaired) electrons. The van der Waals surface area contributed by atoms with Crippen LogP contribution in [0.4, 0.5) is 0 Å². The Kier molecular flexibility index (Phi) is 6.72. The smallest absolute Gasteiger partial charge is 0.251 e. The lowest BCUT2D eigenvalue weighted by atomic mass is 9.97. The summed E-state index contributed by atoms with van der Waals surface area (Å²) in [5, 5.41) is 12.9. The van der Waals surface area contributed by atoms with Crippen molar-refractivity contribution >= 4 is 16.8 Å². The molecule has 1 fully saturated rings. The Balaban J connectivity index is 1.32. The minimum absolute atomic E-state index is 0.0688. The van der Waals surface area contributed by atoms with Crippen molar-refractivity contribution in [2.45, 2.75) is 25.8 Å². The predicted molar refractivity (Wildman–Crippen MR) is 119 cm³/mol. The number of nitrogens with zero attached hydrogens (tertiary/aromatic N) is 2. The van der Waals surface area contributed by atoms with Gasteiger partial charge in [0.25, 0.3) is 5.91 Å². The molecule has 1 amide bonds. The predicted octanol–water partition coefficient (Wildman–Crippen LogP) is 3.41. The second-order valence-corrected chi connectivity index (χ2v) is 8.12. The van der Waals surface area contributed by atoms with Crippen LogP contribution in [0.25, 0.3) is 10.9 Å². The van der Waals surface area contributed by atoms with Gasteiger partial charge in [-0.25, -0.2) is 0 Å². The Hall–Kier alpha value is -2.76. The minimum Gasteiger partial charge on any atom is -0.396 e. The number of rotatable bonds is 8. The van der Waals surface area contributed by atoms with E-state index < -0.39 is 0 Å². The first kappa shape index (κ1) is 20.5. The van der Waals surface area contributed by atoms with Crippen LogP contribution >= 0.6 is 0 Å². The Morgan fingerprint density at radius 2 is 2.03 bits per heavy atom. The third kappa shape index (κ3) is 5.23. The van der Waals surface area contributed by atoms with Gasteiger partial charge >= 0.3 is 0 Å². The number of amides is 1. The Morgan fingerprint density at radius 3 is 2.93 bits per heavy atom. The first-order valence-corrected chi connectivity index (χ1v) is 10.8. The highest BCUT2D eigenvalue weighted by molar-refractivity contribution is 5.94. The number of pyridine rings is 1. The number of likely N-dealkylation sites (tertiary alicyclic amines) is 1. The van der Waals surface area contributed by atoms with Crippen LogP contribution in [0.3, 0.4) is 0 Å². The van der Waals surface area contributed by atoms with Crippen molar-refractivity contribution in [2.75, 3.05) is 26.2 Å². The molecule has 2 N–H and O–H groups in total. The fourth-order valence-electron chi connectivity index (χ4n) is 4.20. The van der Waals surface area contributed by atoms with Crippen molar-refractivity contribution in [3.8, 4) is 0 Å². The van der Waals surface area contributed by atoms with E-state index in [1.807, 2.05) is 30.3 Å². The zero-order chi connectivity index (χ0) is 20.8. The summed E-state index contributed by atoms with van der Waals surface area (Å²) in [6.45, 7) is 3.61. The third-order valence-electron chi connectivity index (χ3n) is 5.75. The molecule has 156 valence electrons. The van der Waals surface area contributed by atoms with Crippen molar-refractivity contribution in [3.05, 3.63) is 77.5 Å². The van der Waals surface area contributed by atoms with Crippen LogP contribution in [0.1, 0.15) is 34.5 Å². The number of nitrogens with one attached hydrogen (secondary N) is 1. The Morgan fingerprint density at radius 1 is 1.13 bits per heavy atom. The van der Waals surface area contributed by atoms with Crippen molar-refractivity contribution in [2.24, 2.45) is 5.92 Å². The Labute approximate surface area is 177 Å². The average molecular weight is 404 g/mol. The van der Waals surface area contributed by atoms with Crippen LogP contribution in [0.15, 0.2) is 60.7 Å². The fraction of sp³-hybridized carbons (Fsp3) is 0.360. The highest BCUT2D eigenvalue weighted by Crippen LogP contribution is 2.23. The highest BCUT2D eigenvalue weighted by Gasteiger charge is 2.23. The van der Waals surface area contributed by atoms with Gasteiger partial charge in [0.15, 0.2) is 0 Å². The van der Waals surface area contributed by atoms with Gasteiger partial charge in [-0.05, 0) is 61.6 Å². The molecule has 0 saturated carbocycles. The van der Waals surface area contributed by atoms with E-state index in [0.717, 1.165) is 37.3 Å². The third-order valence-corrected chi connectivity index (χ3v) is 5.75. The molecular weight excluding hydrogens is 374 g/mol. The first-order chi connectivity index (χ1) is 14.7. The van der Waals surface area contributed by atoms with Crippen molar-refractivity contribution in [1.29, 1.82) is 0 Å². The van der Waals surface area contributed by atoms with E-state index in [4.69, 9.17) is 10.1 Å². The van der Waals surface area contributed by atoms with Gasteiger partial charge in [-0.2, -0.15) is 0 Å². The summed E-state index contributed by atoms with van der Waals surface area (Å²) in [6.07, 6.45) is 2.73. The molecule has 1 aromatic heterocycles. The first-order valence-electron chi connectivity index (χ1n) is 10.8. The number of aromatic nitrogens is 1. The SMILES string of the molecule is O=C(NCCCO)c1cccc(CC2CCN(Cc3ccc4ccccc4n3)C2)c1. The summed E-state index contributed by atoms with van der Waals surface area (Å²) in [7, 11) is 0. The molecule has 5 heteroatoms. The number of fused-ring (bicyclic) bond motifs is 1. The molecule has 1 saturated heterocycles. The van der Waals surface area contributed by atoms with E-state index in [1.54, 1.807) is 0 Å². The van der Waals surface area contributed by atoms with Gasteiger partial charge in [-0.15, -0.1) is 0 Å². The standard InChI is InChI=1S/C25H29N3O2/c29-14-4-12-26-25(30)22-7-3-5-19(16-22)15-20-11-13-28(17-20)18-23-10-9-21-6-1-2-8-24(21)27-23/h1-3,5-10,16,20,29H,4,11-15,17-18H2,(H,26,30). The molecule has 0 spiro atoms. The van der Waals surface area contributed by atoms with Gasteiger partial charge in [0.1, 0.15) is 0 Å². The molecule has 1 unspecified atom stereocenters. The highest BCUT2D eigenvalue weighted by atomic mass is 16.3. The summed E-state index contributed by atoms with van der Waals surface area (Å²) >= 11 is 0. The quantitative estimate of drug-likeness (QED) is 0.566. The molecular formula is C25H29N3O2. The van der Waals surface area contributed by atoms with Gasteiger partial charge in [0.05, 0.1) is 11.2 Å². The topological polar surface area (TPSA) is 65.5 Å². The van der Waals surface area contributed by atoms with Gasteiger partial charge in [0.2, 0.25) is 0 Å². The van der Waals surface area contributed by atoms with E-state index in [9.17, 15) is 4.79 Å². The summed E-state index contributed by atoms with van der Waals surface area (Å²) in [4.78, 5) is 19.5. The molecule has 2 heterocycles. The second kappa shape index (κ2) is 9.83. The van der Waals surface area contributed by atoms with E-state index in [-0.39, 0.29) is 12.5 Å². The summed E-state index contributed by atoms with van der Waals surface area (Å²) < 4.78 is 0. The number of carbonyl (C=O) groups excluding carboxylic acids is 1. The van der Waals surface area contributed by atoms with E-state index >= 15 is 0 Å².